The molecule has 0 unspecified atom stereocenters. The Morgan fingerprint density at radius 2 is 1.61 bits per heavy atom. The maximum absolute atomic E-state index is 13.0. The lowest BCUT2D eigenvalue weighted by Gasteiger charge is -2.28. The number of nitrogens with zero attached hydrogens (tertiary/aromatic N) is 5. The largest absolute Gasteiger partial charge is 0.444 e. The van der Waals surface area contributed by atoms with Crippen LogP contribution >= 0.6 is 0 Å². The number of hydrogen-bond donors (Lipinski definition) is 1. The molecule has 2 aliphatic heterocycles. The van der Waals surface area contributed by atoms with E-state index in [9.17, 15) is 9.59 Å². The molecule has 1 aromatic carbocycles. The van der Waals surface area contributed by atoms with Gasteiger partial charge in [-0.05, 0) is 86.4 Å². The van der Waals surface area contributed by atoms with E-state index in [-0.39, 0.29) is 24.4 Å². The van der Waals surface area contributed by atoms with E-state index in [1.807, 2.05) is 90.4 Å². The molecule has 0 radical (unpaired) electrons. The Balaban J connectivity index is 1.23. The van der Waals surface area contributed by atoms with Gasteiger partial charge in [0, 0.05) is 32.9 Å². The van der Waals surface area contributed by atoms with Gasteiger partial charge in [-0.3, -0.25) is 4.90 Å². The molecule has 2 fully saturated rings. The zero-order chi connectivity index (χ0) is 35.6. The molecule has 268 valence electrons. The fraction of sp³-hybridized carbons (Fsp3) is 0.611. The van der Waals surface area contributed by atoms with E-state index in [0.717, 1.165) is 12.8 Å². The zero-order valence-corrected chi connectivity index (χ0v) is 30.3. The highest BCUT2D eigenvalue weighted by Crippen LogP contribution is 2.44. The van der Waals surface area contributed by atoms with Crippen molar-refractivity contribution >= 4 is 29.0 Å². The molecule has 3 aromatic rings. The average Bonchev–Trinajstić information content (AvgIpc) is 3.67. The van der Waals surface area contributed by atoms with Crippen LogP contribution in [0.3, 0.4) is 0 Å². The normalized spacial score (nSPS) is 21.8. The summed E-state index contributed by atoms with van der Waals surface area (Å²) in [6, 6.07) is 12.0. The molecule has 13 heteroatoms. The van der Waals surface area contributed by atoms with Gasteiger partial charge < -0.3 is 38.5 Å². The van der Waals surface area contributed by atoms with Crippen LogP contribution in [0, 0.1) is 0 Å². The second-order valence-corrected chi connectivity index (χ2v) is 15.1. The van der Waals surface area contributed by atoms with E-state index in [4.69, 9.17) is 23.7 Å². The zero-order valence-electron chi connectivity index (χ0n) is 30.3. The number of carbonyl (C=O) groups excluding carboxylic acids is 2. The Morgan fingerprint density at radius 1 is 0.939 bits per heavy atom. The Labute approximate surface area is 289 Å². The van der Waals surface area contributed by atoms with Gasteiger partial charge in [0.05, 0.1) is 5.39 Å². The first-order chi connectivity index (χ1) is 23.0. The molecular formula is C36H52N6O7. The maximum Gasteiger partial charge on any atom is 0.415 e. The summed E-state index contributed by atoms with van der Waals surface area (Å²) in [5.41, 5.74) is 0.554. The van der Waals surface area contributed by atoms with Crippen LogP contribution in [-0.4, -0.2) is 100 Å². The lowest BCUT2D eigenvalue weighted by atomic mass is 10.1. The van der Waals surface area contributed by atoms with E-state index >= 15 is 0 Å². The highest BCUT2D eigenvalue weighted by molar-refractivity contribution is 5.97. The van der Waals surface area contributed by atoms with Gasteiger partial charge in [-0.15, -0.1) is 0 Å². The molecule has 2 aliphatic rings. The van der Waals surface area contributed by atoms with Crippen molar-refractivity contribution in [3.8, 4) is 0 Å². The van der Waals surface area contributed by atoms with Crippen molar-refractivity contribution < 1.29 is 33.3 Å². The minimum Gasteiger partial charge on any atom is -0.444 e. The van der Waals surface area contributed by atoms with E-state index in [0.29, 0.717) is 43.0 Å². The van der Waals surface area contributed by atoms with Crippen LogP contribution < -0.4 is 10.2 Å². The lowest BCUT2D eigenvalue weighted by Crippen LogP contribution is -2.40. The molecule has 4 atom stereocenters. The first-order valence-corrected chi connectivity index (χ1v) is 17.0. The van der Waals surface area contributed by atoms with Gasteiger partial charge in [0.2, 0.25) is 0 Å². The number of fused-ring (bicyclic) bond motifs is 2. The summed E-state index contributed by atoms with van der Waals surface area (Å²) in [6.45, 7) is 17.2. The molecule has 2 aromatic heterocycles. The molecule has 2 saturated heterocycles. The summed E-state index contributed by atoms with van der Waals surface area (Å²) in [4.78, 5) is 38.0. The number of rotatable bonds is 11. The molecule has 1 N–H and O–H groups in total. The summed E-state index contributed by atoms with van der Waals surface area (Å²) >= 11 is 0. The topological polar surface area (TPSA) is 130 Å². The predicted octanol–water partition coefficient (Wildman–Crippen LogP) is 5.68. The van der Waals surface area contributed by atoms with Crippen LogP contribution in [-0.2, 0) is 30.1 Å². The number of amides is 2. The molecule has 2 amide bonds. The number of benzene rings is 1. The third-order valence-electron chi connectivity index (χ3n) is 8.16. The standard InChI is InChI=1S/C36H52N6O7/c1-34(2,3)48-32(43)40(9)29-25-17-21-42(30(25)39-23-38-29)31-28-27(46-36(7,8)47-28)26(45-31)22-37-18-13-19-41(33(44)49-35(4,5)6)20-16-24-14-11-10-12-15-24/h10-12,14-15,17,21,23,26-28,31,37H,13,16,18-20,22H2,1-9H3/t26-,27-,28-,31-/m1/s1. The van der Waals surface area contributed by atoms with Gasteiger partial charge in [0.15, 0.2) is 17.8 Å². The van der Waals surface area contributed by atoms with E-state index < -0.39 is 29.3 Å². The van der Waals surface area contributed by atoms with E-state index in [1.165, 1.54) is 16.8 Å². The van der Waals surface area contributed by atoms with Crippen molar-refractivity contribution in [2.75, 3.05) is 38.1 Å². The Morgan fingerprint density at radius 3 is 2.31 bits per heavy atom. The summed E-state index contributed by atoms with van der Waals surface area (Å²) in [6.07, 6.45) is 2.42. The van der Waals surface area contributed by atoms with Crippen molar-refractivity contribution in [2.24, 2.45) is 0 Å². The second-order valence-electron chi connectivity index (χ2n) is 15.1. The van der Waals surface area contributed by atoms with Crippen molar-refractivity contribution in [2.45, 2.75) is 110 Å². The molecule has 0 spiro atoms. The first-order valence-electron chi connectivity index (χ1n) is 17.0. The second kappa shape index (κ2) is 14.6. The van der Waals surface area contributed by atoms with Crippen LogP contribution in [0.15, 0.2) is 48.9 Å². The molecule has 49 heavy (non-hydrogen) atoms. The number of carbonyl (C=O) groups is 2. The van der Waals surface area contributed by atoms with Crippen LogP contribution in [0.4, 0.5) is 15.4 Å². The Kier molecular flexibility index (Phi) is 10.9. The molecule has 5 rings (SSSR count). The Bertz CT molecular complexity index is 1580. The molecule has 13 nitrogen and oxygen atoms in total. The van der Waals surface area contributed by atoms with Crippen molar-refractivity contribution in [1.82, 2.24) is 24.8 Å². The first kappa shape index (κ1) is 36.5. The third-order valence-corrected chi connectivity index (χ3v) is 8.16. The summed E-state index contributed by atoms with van der Waals surface area (Å²) in [5.74, 6) is -0.360. The minimum absolute atomic E-state index is 0.306. The highest BCUT2D eigenvalue weighted by Gasteiger charge is 2.55. The van der Waals surface area contributed by atoms with Gasteiger partial charge in [-0.2, -0.15) is 0 Å². The smallest absolute Gasteiger partial charge is 0.415 e. The quantitative estimate of drug-likeness (QED) is 0.253. The molecular weight excluding hydrogens is 628 g/mol. The minimum atomic E-state index is -0.789. The number of hydrogen-bond acceptors (Lipinski definition) is 10. The fourth-order valence-electron chi connectivity index (χ4n) is 6.06. The number of anilines is 1. The summed E-state index contributed by atoms with van der Waals surface area (Å²) < 4.78 is 32.5. The van der Waals surface area contributed by atoms with Crippen LogP contribution in [0.1, 0.15) is 73.6 Å². The SMILES string of the molecule is CN(C(=O)OC(C)(C)C)c1ncnc2c1ccn2[C@@H]1O[C@H](CNCCCN(CCc2ccccc2)C(=O)OC(C)(C)C)[C@H]2OC(C)(C)O[C@H]21. The molecule has 0 bridgehead atoms. The summed E-state index contributed by atoms with van der Waals surface area (Å²) in [7, 11) is 1.63. The third kappa shape index (κ3) is 9.27. The van der Waals surface area contributed by atoms with Crippen LogP contribution in [0.5, 0.6) is 0 Å². The molecule has 4 heterocycles. The molecule has 0 saturated carbocycles. The molecule has 0 aliphatic carbocycles. The van der Waals surface area contributed by atoms with E-state index in [2.05, 4.69) is 27.4 Å². The van der Waals surface area contributed by atoms with Gasteiger partial charge in [0.25, 0.3) is 0 Å². The monoisotopic (exact) mass is 680 g/mol. The fourth-order valence-corrected chi connectivity index (χ4v) is 6.06. The Hall–Kier alpha value is -3.78. The van der Waals surface area contributed by atoms with Crippen molar-refractivity contribution in [3.63, 3.8) is 0 Å². The maximum atomic E-state index is 13.0. The number of aromatic nitrogens is 3. The van der Waals surface area contributed by atoms with Gasteiger partial charge in [-0.1, -0.05) is 30.3 Å². The highest BCUT2D eigenvalue weighted by atomic mass is 16.8. The number of nitrogens with one attached hydrogen (secondary N) is 1. The average molecular weight is 681 g/mol. The van der Waals surface area contributed by atoms with E-state index in [1.54, 1.807) is 11.9 Å². The summed E-state index contributed by atoms with van der Waals surface area (Å²) in [5, 5.41) is 4.19. The lowest BCUT2D eigenvalue weighted by molar-refractivity contribution is -0.195. The van der Waals surface area contributed by atoms with Crippen LogP contribution in [0.25, 0.3) is 11.0 Å². The number of ether oxygens (including phenoxy) is 5. The van der Waals surface area contributed by atoms with Gasteiger partial charge in [0.1, 0.15) is 41.5 Å². The van der Waals surface area contributed by atoms with Gasteiger partial charge >= 0.3 is 12.2 Å². The van der Waals surface area contributed by atoms with Crippen LogP contribution in [0.2, 0.25) is 0 Å². The van der Waals surface area contributed by atoms with Gasteiger partial charge in [-0.25, -0.2) is 19.6 Å². The van der Waals surface area contributed by atoms with Crippen molar-refractivity contribution in [1.29, 1.82) is 0 Å². The predicted molar refractivity (Wildman–Crippen MR) is 185 cm³/mol. The van der Waals surface area contributed by atoms with Crippen molar-refractivity contribution in [3.05, 3.63) is 54.5 Å².